The number of benzene rings is 1. The van der Waals surface area contributed by atoms with E-state index >= 15 is 0 Å². The van der Waals surface area contributed by atoms with Gasteiger partial charge in [0, 0.05) is 34.7 Å². The van der Waals surface area contributed by atoms with Gasteiger partial charge in [-0.25, -0.2) is 0 Å². The van der Waals surface area contributed by atoms with Crippen LogP contribution in [-0.4, -0.2) is 22.9 Å². The van der Waals surface area contributed by atoms with Crippen LogP contribution in [0.2, 0.25) is 0 Å². The number of hydrogen-bond acceptors (Lipinski definition) is 2. The van der Waals surface area contributed by atoms with E-state index in [-0.39, 0.29) is 0 Å². The maximum absolute atomic E-state index is 4.65. The van der Waals surface area contributed by atoms with E-state index in [1.54, 1.807) is 0 Å². The zero-order chi connectivity index (χ0) is 14.5. The number of nitrogens with zero attached hydrogens (tertiary/aromatic N) is 2. The first kappa shape index (κ1) is 15.3. The van der Waals surface area contributed by atoms with Crippen molar-refractivity contribution in [2.45, 2.75) is 39.7 Å². The number of aryl methyl sites for hydroxylation is 1. The van der Waals surface area contributed by atoms with E-state index in [9.17, 15) is 0 Å². The van der Waals surface area contributed by atoms with Crippen molar-refractivity contribution in [2.24, 2.45) is 0 Å². The van der Waals surface area contributed by atoms with Crippen molar-refractivity contribution in [1.82, 2.24) is 4.98 Å². The van der Waals surface area contributed by atoms with E-state index in [1.807, 2.05) is 0 Å². The van der Waals surface area contributed by atoms with Crippen molar-refractivity contribution in [3.63, 3.8) is 0 Å². The van der Waals surface area contributed by atoms with Crippen LogP contribution in [0.3, 0.4) is 0 Å². The highest BCUT2D eigenvalue weighted by atomic mass is 79.9. The minimum absolute atomic E-state index is 0.581. The summed E-state index contributed by atoms with van der Waals surface area (Å²) in [6, 6.07) is 11.2. The highest BCUT2D eigenvalue weighted by Gasteiger charge is 2.18. The molecule has 0 atom stereocenters. The molecule has 0 unspecified atom stereocenters. The lowest BCUT2D eigenvalue weighted by Gasteiger charge is -2.33. The maximum Gasteiger partial charge on any atom is 0.0726 e. The lowest BCUT2D eigenvalue weighted by Crippen LogP contribution is -2.36. The second-order valence-corrected chi connectivity index (χ2v) is 5.95. The molecule has 0 saturated carbocycles. The molecule has 1 heterocycles. The van der Waals surface area contributed by atoms with Gasteiger partial charge < -0.3 is 4.90 Å². The van der Waals surface area contributed by atoms with Crippen molar-refractivity contribution in [3.8, 4) is 0 Å². The van der Waals surface area contributed by atoms with Crippen LogP contribution in [-0.2, 0) is 0 Å². The van der Waals surface area contributed by atoms with E-state index in [0.29, 0.717) is 6.04 Å². The van der Waals surface area contributed by atoms with E-state index in [2.05, 4.69) is 76.9 Å². The normalized spacial score (nSPS) is 11.2. The molecule has 0 fully saturated rings. The molecule has 0 amide bonds. The molecule has 0 aliphatic heterocycles. The van der Waals surface area contributed by atoms with Crippen LogP contribution < -0.4 is 4.90 Å². The molecule has 2 aromatic rings. The largest absolute Gasteiger partial charge is 0.367 e. The van der Waals surface area contributed by atoms with Gasteiger partial charge in [0.1, 0.15) is 0 Å². The summed E-state index contributed by atoms with van der Waals surface area (Å²) in [5.41, 5.74) is 3.50. The summed E-state index contributed by atoms with van der Waals surface area (Å²) in [6.07, 6.45) is 2.33. The first-order valence-electron chi connectivity index (χ1n) is 7.40. The molecular weight excluding hydrogens is 312 g/mol. The van der Waals surface area contributed by atoms with Gasteiger partial charge in [-0.2, -0.15) is 0 Å². The number of fused-ring (bicyclic) bond motifs is 1. The second-order valence-electron chi connectivity index (χ2n) is 5.15. The number of halogens is 1. The van der Waals surface area contributed by atoms with Gasteiger partial charge in [0.15, 0.2) is 0 Å². The van der Waals surface area contributed by atoms with Crippen LogP contribution in [0.1, 0.15) is 32.4 Å². The van der Waals surface area contributed by atoms with Gasteiger partial charge in [0.25, 0.3) is 0 Å². The Labute approximate surface area is 130 Å². The van der Waals surface area contributed by atoms with Crippen molar-refractivity contribution in [2.75, 3.05) is 16.8 Å². The fourth-order valence-electron chi connectivity index (χ4n) is 2.84. The smallest absolute Gasteiger partial charge is 0.0726 e. The summed E-state index contributed by atoms with van der Waals surface area (Å²) < 4.78 is 0. The van der Waals surface area contributed by atoms with Gasteiger partial charge in [0.2, 0.25) is 0 Å². The molecule has 1 aromatic carbocycles. The summed E-state index contributed by atoms with van der Waals surface area (Å²) >= 11 is 3.60. The van der Waals surface area contributed by atoms with Crippen LogP contribution in [0, 0.1) is 6.92 Å². The molecular formula is C17H23BrN2. The topological polar surface area (TPSA) is 16.1 Å². The van der Waals surface area contributed by atoms with E-state index < -0.39 is 0 Å². The molecule has 20 heavy (non-hydrogen) atoms. The zero-order valence-electron chi connectivity index (χ0n) is 12.6. The zero-order valence-corrected chi connectivity index (χ0v) is 14.2. The third-order valence-electron chi connectivity index (χ3n) is 3.84. The van der Waals surface area contributed by atoms with Gasteiger partial charge in [0.05, 0.1) is 5.52 Å². The fraction of sp³-hybridized carbons (Fsp3) is 0.471. The summed E-state index contributed by atoms with van der Waals surface area (Å²) in [7, 11) is 0. The Balaban J connectivity index is 2.57. The van der Waals surface area contributed by atoms with Gasteiger partial charge in [-0.05, 0) is 31.9 Å². The fourth-order valence-corrected chi connectivity index (χ4v) is 3.23. The number of alkyl halides is 1. The van der Waals surface area contributed by atoms with Crippen molar-refractivity contribution >= 4 is 32.5 Å². The molecule has 0 N–H and O–H groups in total. The SMILES string of the molecule is CCC(CC)N(CCBr)c1cc(C)nc2ccccc12. The van der Waals surface area contributed by atoms with Crippen molar-refractivity contribution < 1.29 is 0 Å². The average molecular weight is 335 g/mol. The minimum Gasteiger partial charge on any atom is -0.367 e. The Morgan fingerprint density at radius 3 is 2.55 bits per heavy atom. The van der Waals surface area contributed by atoms with Gasteiger partial charge in [-0.3, -0.25) is 4.98 Å². The Kier molecular flexibility index (Phi) is 5.41. The van der Waals surface area contributed by atoms with Crippen LogP contribution in [0.15, 0.2) is 30.3 Å². The van der Waals surface area contributed by atoms with Gasteiger partial charge >= 0.3 is 0 Å². The molecule has 0 aliphatic carbocycles. The van der Waals surface area contributed by atoms with Crippen LogP contribution >= 0.6 is 15.9 Å². The number of aromatic nitrogens is 1. The molecule has 2 nitrogen and oxygen atoms in total. The summed E-state index contributed by atoms with van der Waals surface area (Å²) in [5, 5.41) is 2.24. The molecule has 3 heteroatoms. The minimum atomic E-state index is 0.581. The number of hydrogen-bond donors (Lipinski definition) is 0. The maximum atomic E-state index is 4.65. The third-order valence-corrected chi connectivity index (χ3v) is 4.20. The lowest BCUT2D eigenvalue weighted by molar-refractivity contribution is 0.570. The number of rotatable bonds is 6. The number of anilines is 1. The quantitative estimate of drug-likeness (QED) is 0.696. The first-order chi connectivity index (χ1) is 9.71. The first-order valence-corrected chi connectivity index (χ1v) is 8.52. The van der Waals surface area contributed by atoms with Crippen molar-refractivity contribution in [1.29, 1.82) is 0 Å². The molecule has 0 aliphatic rings. The molecule has 0 spiro atoms. The lowest BCUT2D eigenvalue weighted by atomic mass is 10.1. The molecule has 0 saturated heterocycles. The molecule has 0 radical (unpaired) electrons. The van der Waals surface area contributed by atoms with Gasteiger partial charge in [-0.15, -0.1) is 0 Å². The second kappa shape index (κ2) is 7.07. The monoisotopic (exact) mass is 334 g/mol. The van der Waals surface area contributed by atoms with Crippen LogP contribution in [0.4, 0.5) is 5.69 Å². The van der Waals surface area contributed by atoms with E-state index in [4.69, 9.17) is 0 Å². The predicted octanol–water partition coefficient (Wildman–Crippen LogP) is 4.93. The Morgan fingerprint density at radius 1 is 1.20 bits per heavy atom. The summed E-state index contributed by atoms with van der Waals surface area (Å²) in [6.45, 7) is 7.65. The Morgan fingerprint density at radius 2 is 1.90 bits per heavy atom. The highest BCUT2D eigenvalue weighted by molar-refractivity contribution is 9.09. The number of para-hydroxylation sites is 1. The Bertz CT molecular complexity index is 564. The predicted molar refractivity (Wildman–Crippen MR) is 92.0 cm³/mol. The highest BCUT2D eigenvalue weighted by Crippen LogP contribution is 2.29. The average Bonchev–Trinajstić information content (AvgIpc) is 2.46. The van der Waals surface area contributed by atoms with Crippen molar-refractivity contribution in [3.05, 3.63) is 36.0 Å². The molecule has 1 aromatic heterocycles. The Hall–Kier alpha value is -1.09. The molecule has 108 valence electrons. The van der Waals surface area contributed by atoms with E-state index in [1.165, 1.54) is 23.9 Å². The van der Waals surface area contributed by atoms with Crippen LogP contribution in [0.25, 0.3) is 10.9 Å². The van der Waals surface area contributed by atoms with Crippen LogP contribution in [0.5, 0.6) is 0 Å². The number of pyridine rings is 1. The van der Waals surface area contributed by atoms with E-state index in [0.717, 1.165) is 23.1 Å². The van der Waals surface area contributed by atoms with Gasteiger partial charge in [-0.1, -0.05) is 48.0 Å². The standard InChI is InChI=1S/C17H23BrN2/c1-4-14(5-2)20(11-10-18)17-12-13(3)19-16-9-7-6-8-15(16)17/h6-9,12,14H,4-5,10-11H2,1-3H3. The summed E-state index contributed by atoms with van der Waals surface area (Å²) in [5.74, 6) is 0. The molecule has 0 bridgehead atoms. The summed E-state index contributed by atoms with van der Waals surface area (Å²) in [4.78, 5) is 7.18. The third kappa shape index (κ3) is 3.14. The molecule has 2 rings (SSSR count).